The van der Waals surface area contributed by atoms with E-state index in [0.29, 0.717) is 24.0 Å². The Morgan fingerprint density at radius 3 is 2.61 bits per heavy atom. The maximum absolute atomic E-state index is 5.78. The lowest BCUT2D eigenvalue weighted by Crippen LogP contribution is -2.36. The van der Waals surface area contributed by atoms with Crippen molar-refractivity contribution in [1.29, 1.82) is 0 Å². The van der Waals surface area contributed by atoms with Crippen molar-refractivity contribution in [3.63, 3.8) is 0 Å². The van der Waals surface area contributed by atoms with Gasteiger partial charge in [0.1, 0.15) is 0 Å². The molecule has 2 rings (SSSR count). The molecule has 1 saturated heterocycles. The Bertz CT molecular complexity index is 419. The Balaban J connectivity index is 2.37. The van der Waals surface area contributed by atoms with Gasteiger partial charge in [0, 0.05) is 26.2 Å². The lowest BCUT2D eigenvalue weighted by atomic mass is 10.2. The number of nitrogens with two attached hydrogens (primary N) is 1. The molecule has 0 radical (unpaired) electrons. The first-order valence-electron chi connectivity index (χ1n) is 6.50. The van der Waals surface area contributed by atoms with Gasteiger partial charge in [-0.15, -0.1) is 0 Å². The van der Waals surface area contributed by atoms with E-state index in [0.717, 1.165) is 6.42 Å². The summed E-state index contributed by atoms with van der Waals surface area (Å²) in [6.07, 6.45) is 3.48. The molecule has 0 aliphatic carbocycles. The average molecular weight is 250 g/mol. The maximum Gasteiger partial charge on any atom is 0.232 e. The summed E-state index contributed by atoms with van der Waals surface area (Å²) in [5, 5.41) is 0. The summed E-state index contributed by atoms with van der Waals surface area (Å²) in [7, 11) is 3.81. The zero-order valence-electron chi connectivity index (χ0n) is 11.6. The molecule has 0 bridgehead atoms. The highest BCUT2D eigenvalue weighted by molar-refractivity contribution is 5.45. The van der Waals surface area contributed by atoms with Gasteiger partial charge in [-0.25, -0.2) is 0 Å². The van der Waals surface area contributed by atoms with Crippen LogP contribution in [-0.2, 0) is 0 Å². The van der Waals surface area contributed by atoms with Crippen molar-refractivity contribution >= 4 is 17.8 Å². The number of nitrogens with zero attached hydrogens (tertiary/aromatic N) is 5. The maximum atomic E-state index is 5.78. The van der Waals surface area contributed by atoms with Crippen molar-refractivity contribution in [3.8, 4) is 0 Å². The first-order chi connectivity index (χ1) is 8.52. The topological polar surface area (TPSA) is 71.2 Å². The lowest BCUT2D eigenvalue weighted by molar-refractivity contribution is 0.611. The van der Waals surface area contributed by atoms with E-state index in [9.17, 15) is 0 Å². The zero-order valence-corrected chi connectivity index (χ0v) is 11.6. The summed E-state index contributed by atoms with van der Waals surface area (Å²) in [4.78, 5) is 17.1. The standard InChI is InChI=1S/C12H22N6/c1-5-9-7-6-8(2)18(9)12-15-10(13)14-11(16-12)17(3)4/h8-9H,5-7H2,1-4H3,(H2,13,14,15,16). The third kappa shape index (κ3) is 2.32. The van der Waals surface area contributed by atoms with Crippen LogP contribution in [0.1, 0.15) is 33.1 Å². The van der Waals surface area contributed by atoms with E-state index in [2.05, 4.69) is 33.7 Å². The molecule has 6 nitrogen and oxygen atoms in total. The van der Waals surface area contributed by atoms with E-state index in [-0.39, 0.29) is 5.95 Å². The van der Waals surface area contributed by atoms with Gasteiger partial charge in [0.2, 0.25) is 17.8 Å². The first kappa shape index (κ1) is 12.9. The fourth-order valence-electron chi connectivity index (χ4n) is 2.52. The summed E-state index contributed by atoms with van der Waals surface area (Å²) >= 11 is 0. The second-order valence-electron chi connectivity index (χ2n) is 5.08. The molecule has 0 amide bonds. The second-order valence-corrected chi connectivity index (χ2v) is 5.08. The molecule has 2 N–H and O–H groups in total. The Morgan fingerprint density at radius 2 is 2.00 bits per heavy atom. The van der Waals surface area contributed by atoms with Gasteiger partial charge in [-0.1, -0.05) is 6.92 Å². The number of nitrogen functional groups attached to an aromatic ring is 1. The van der Waals surface area contributed by atoms with E-state index in [4.69, 9.17) is 5.73 Å². The minimum atomic E-state index is 0.289. The van der Waals surface area contributed by atoms with Crippen LogP contribution in [-0.4, -0.2) is 41.1 Å². The van der Waals surface area contributed by atoms with E-state index < -0.39 is 0 Å². The highest BCUT2D eigenvalue weighted by Gasteiger charge is 2.31. The SMILES string of the molecule is CCC1CCC(C)N1c1nc(N)nc(N(C)C)n1. The Morgan fingerprint density at radius 1 is 1.28 bits per heavy atom. The lowest BCUT2D eigenvalue weighted by Gasteiger charge is -2.28. The average Bonchev–Trinajstić information content (AvgIpc) is 2.69. The molecule has 0 aromatic carbocycles. The molecule has 2 heterocycles. The normalized spacial score (nSPS) is 23.4. The van der Waals surface area contributed by atoms with E-state index in [1.54, 1.807) is 0 Å². The van der Waals surface area contributed by atoms with Crippen molar-refractivity contribution in [2.24, 2.45) is 0 Å². The van der Waals surface area contributed by atoms with E-state index >= 15 is 0 Å². The Labute approximate surface area is 108 Å². The predicted molar refractivity (Wildman–Crippen MR) is 73.8 cm³/mol. The summed E-state index contributed by atoms with van der Waals surface area (Å²) in [5.74, 6) is 1.62. The summed E-state index contributed by atoms with van der Waals surface area (Å²) in [6.45, 7) is 4.41. The number of rotatable bonds is 3. The van der Waals surface area contributed by atoms with E-state index in [1.807, 2.05) is 19.0 Å². The fraction of sp³-hybridized carbons (Fsp3) is 0.750. The summed E-state index contributed by atoms with van der Waals surface area (Å²) < 4.78 is 0. The quantitative estimate of drug-likeness (QED) is 0.871. The van der Waals surface area contributed by atoms with E-state index in [1.165, 1.54) is 12.8 Å². The van der Waals surface area contributed by atoms with Crippen LogP contribution in [0.4, 0.5) is 17.8 Å². The third-order valence-electron chi connectivity index (χ3n) is 3.52. The van der Waals surface area contributed by atoms with Crippen LogP contribution < -0.4 is 15.5 Å². The van der Waals surface area contributed by atoms with Crippen LogP contribution in [0.5, 0.6) is 0 Å². The molecule has 2 atom stereocenters. The molecule has 1 aromatic heterocycles. The van der Waals surface area contributed by atoms with Gasteiger partial charge in [-0.2, -0.15) is 15.0 Å². The van der Waals surface area contributed by atoms with Gasteiger partial charge in [0.05, 0.1) is 0 Å². The van der Waals surface area contributed by atoms with Crippen LogP contribution >= 0.6 is 0 Å². The molecule has 2 unspecified atom stereocenters. The molecule has 100 valence electrons. The second kappa shape index (κ2) is 4.96. The third-order valence-corrected chi connectivity index (χ3v) is 3.52. The highest BCUT2D eigenvalue weighted by atomic mass is 15.4. The molecule has 0 saturated carbocycles. The summed E-state index contributed by atoms with van der Waals surface area (Å²) in [6, 6.07) is 0.976. The molecule has 1 fully saturated rings. The van der Waals surface area contributed by atoms with Crippen molar-refractivity contribution in [1.82, 2.24) is 15.0 Å². The highest BCUT2D eigenvalue weighted by Crippen LogP contribution is 2.30. The van der Waals surface area contributed by atoms with Gasteiger partial charge < -0.3 is 15.5 Å². The van der Waals surface area contributed by atoms with Crippen molar-refractivity contribution in [3.05, 3.63) is 0 Å². The molecule has 1 aliphatic rings. The van der Waals surface area contributed by atoms with Crippen LogP contribution in [0.25, 0.3) is 0 Å². The molecule has 0 spiro atoms. The van der Waals surface area contributed by atoms with Crippen molar-refractivity contribution in [2.75, 3.05) is 29.6 Å². The smallest absolute Gasteiger partial charge is 0.232 e. The van der Waals surface area contributed by atoms with Gasteiger partial charge in [-0.3, -0.25) is 0 Å². The fourth-order valence-corrected chi connectivity index (χ4v) is 2.52. The van der Waals surface area contributed by atoms with Gasteiger partial charge >= 0.3 is 0 Å². The molecule has 1 aromatic rings. The Kier molecular flexibility index (Phi) is 3.54. The van der Waals surface area contributed by atoms with Crippen LogP contribution in [0.2, 0.25) is 0 Å². The minimum absolute atomic E-state index is 0.289. The molecule has 18 heavy (non-hydrogen) atoms. The van der Waals surface area contributed by atoms with Crippen molar-refractivity contribution in [2.45, 2.75) is 45.2 Å². The van der Waals surface area contributed by atoms with Gasteiger partial charge in [-0.05, 0) is 26.2 Å². The number of hydrogen-bond acceptors (Lipinski definition) is 6. The number of anilines is 3. The van der Waals surface area contributed by atoms with Gasteiger partial charge in [0.15, 0.2) is 0 Å². The van der Waals surface area contributed by atoms with Crippen LogP contribution in [0.15, 0.2) is 0 Å². The predicted octanol–water partition coefficient (Wildman–Crippen LogP) is 1.29. The van der Waals surface area contributed by atoms with Crippen molar-refractivity contribution < 1.29 is 0 Å². The van der Waals surface area contributed by atoms with Gasteiger partial charge in [0.25, 0.3) is 0 Å². The minimum Gasteiger partial charge on any atom is -0.368 e. The molecule has 6 heteroatoms. The zero-order chi connectivity index (χ0) is 13.3. The number of aromatic nitrogens is 3. The largest absolute Gasteiger partial charge is 0.368 e. The Hall–Kier alpha value is -1.59. The molecular weight excluding hydrogens is 228 g/mol. The summed E-state index contributed by atoms with van der Waals surface area (Å²) in [5.41, 5.74) is 5.78. The molecular formula is C12H22N6. The monoisotopic (exact) mass is 250 g/mol. The van der Waals surface area contributed by atoms with Crippen LogP contribution in [0.3, 0.4) is 0 Å². The molecule has 1 aliphatic heterocycles. The number of hydrogen-bond donors (Lipinski definition) is 1. The first-order valence-corrected chi connectivity index (χ1v) is 6.50. The van der Waals surface area contributed by atoms with Crippen LogP contribution in [0, 0.1) is 0 Å².